The number of hydrogen-bond donors (Lipinski definition) is 2. The molecule has 1 aliphatic heterocycles. The average Bonchev–Trinajstić information content (AvgIpc) is 3.17. The number of ether oxygens (including phenoxy) is 3. The Kier molecular flexibility index (Phi) is 6.68. The highest BCUT2D eigenvalue weighted by Crippen LogP contribution is 2.25. The van der Waals surface area contributed by atoms with Gasteiger partial charge in [-0.2, -0.15) is 0 Å². The Balaban J connectivity index is 1.47. The molecule has 1 fully saturated rings. The molecular weight excluding hydrogens is 348 g/mol. The summed E-state index contributed by atoms with van der Waals surface area (Å²) in [5, 5.41) is 6.96. The molecular formula is C20H24N2O3S. The molecule has 0 amide bonds. The Bertz CT molecular complexity index is 698. The molecule has 26 heavy (non-hydrogen) atoms. The van der Waals surface area contributed by atoms with E-state index in [0.717, 1.165) is 48.9 Å². The summed E-state index contributed by atoms with van der Waals surface area (Å²) < 4.78 is 16.8. The molecule has 0 spiro atoms. The highest BCUT2D eigenvalue weighted by atomic mass is 32.1. The lowest BCUT2D eigenvalue weighted by atomic mass is 10.2. The molecule has 0 bridgehead atoms. The molecule has 1 aliphatic rings. The van der Waals surface area contributed by atoms with Crippen molar-refractivity contribution in [3.8, 4) is 17.2 Å². The molecule has 0 aromatic heterocycles. The summed E-state index contributed by atoms with van der Waals surface area (Å²) in [6, 6.07) is 15.2. The molecule has 0 unspecified atom stereocenters. The number of rotatable bonds is 7. The van der Waals surface area contributed by atoms with Crippen molar-refractivity contribution < 1.29 is 14.2 Å². The van der Waals surface area contributed by atoms with Crippen LogP contribution in [0.15, 0.2) is 48.5 Å². The van der Waals surface area contributed by atoms with Gasteiger partial charge in [-0.3, -0.25) is 0 Å². The predicted octanol–water partition coefficient (Wildman–Crippen LogP) is 4.34. The van der Waals surface area contributed by atoms with Gasteiger partial charge in [-0.15, -0.1) is 0 Å². The zero-order valence-electron chi connectivity index (χ0n) is 14.9. The summed E-state index contributed by atoms with van der Waals surface area (Å²) in [6.07, 6.45) is 2.48. The fraction of sp³-hybridized carbons (Fsp3) is 0.350. The fourth-order valence-corrected chi connectivity index (χ4v) is 2.90. The third kappa shape index (κ3) is 5.61. The SMILES string of the molecule is CCOc1ccc(Oc2ccc(NC(=S)NC[C@H]3CCCO3)cc2)cc1. The van der Waals surface area contributed by atoms with Crippen molar-refractivity contribution in [2.75, 3.05) is 25.1 Å². The van der Waals surface area contributed by atoms with Crippen LogP contribution in [0.4, 0.5) is 5.69 Å². The zero-order valence-corrected chi connectivity index (χ0v) is 15.7. The molecule has 0 radical (unpaired) electrons. The van der Waals surface area contributed by atoms with Gasteiger partial charge in [0, 0.05) is 18.8 Å². The number of benzene rings is 2. The first-order valence-corrected chi connectivity index (χ1v) is 9.31. The van der Waals surface area contributed by atoms with Gasteiger partial charge in [0.25, 0.3) is 0 Å². The lowest BCUT2D eigenvalue weighted by molar-refractivity contribution is 0.114. The highest BCUT2D eigenvalue weighted by Gasteiger charge is 2.15. The topological polar surface area (TPSA) is 51.8 Å². The molecule has 2 N–H and O–H groups in total. The van der Waals surface area contributed by atoms with Crippen LogP contribution in [-0.2, 0) is 4.74 Å². The quantitative estimate of drug-likeness (QED) is 0.705. The molecule has 2 aromatic carbocycles. The molecule has 138 valence electrons. The van der Waals surface area contributed by atoms with Crippen molar-refractivity contribution >= 4 is 23.0 Å². The van der Waals surface area contributed by atoms with E-state index in [2.05, 4.69) is 10.6 Å². The smallest absolute Gasteiger partial charge is 0.170 e. The van der Waals surface area contributed by atoms with Gasteiger partial charge in [-0.1, -0.05) is 0 Å². The van der Waals surface area contributed by atoms with Crippen LogP contribution in [0.5, 0.6) is 17.2 Å². The fourth-order valence-electron chi connectivity index (χ4n) is 2.70. The molecule has 2 aromatic rings. The average molecular weight is 372 g/mol. The molecule has 3 rings (SSSR count). The largest absolute Gasteiger partial charge is 0.494 e. The minimum Gasteiger partial charge on any atom is -0.494 e. The van der Waals surface area contributed by atoms with Crippen LogP contribution in [0.2, 0.25) is 0 Å². The van der Waals surface area contributed by atoms with Crippen molar-refractivity contribution in [2.45, 2.75) is 25.9 Å². The van der Waals surface area contributed by atoms with E-state index in [4.69, 9.17) is 26.4 Å². The minimum atomic E-state index is 0.264. The molecule has 6 heteroatoms. The van der Waals surface area contributed by atoms with Gasteiger partial charge in [-0.05, 0) is 80.5 Å². The maximum atomic E-state index is 5.84. The molecule has 1 atom stereocenters. The van der Waals surface area contributed by atoms with Gasteiger partial charge < -0.3 is 24.8 Å². The summed E-state index contributed by atoms with van der Waals surface area (Å²) >= 11 is 5.32. The van der Waals surface area contributed by atoms with Crippen LogP contribution in [-0.4, -0.2) is 31.0 Å². The summed E-state index contributed by atoms with van der Waals surface area (Å²) in [6.45, 7) is 4.20. The van der Waals surface area contributed by atoms with E-state index in [1.165, 1.54) is 0 Å². The second-order valence-electron chi connectivity index (χ2n) is 6.00. The lowest BCUT2D eigenvalue weighted by Gasteiger charge is -2.14. The van der Waals surface area contributed by atoms with Crippen LogP contribution in [0, 0.1) is 0 Å². The van der Waals surface area contributed by atoms with Crippen molar-refractivity contribution in [1.29, 1.82) is 0 Å². The van der Waals surface area contributed by atoms with Crippen LogP contribution < -0.4 is 20.1 Å². The minimum absolute atomic E-state index is 0.264. The Morgan fingerprint density at radius 1 is 1.08 bits per heavy atom. The zero-order chi connectivity index (χ0) is 18.2. The van der Waals surface area contributed by atoms with Crippen molar-refractivity contribution in [2.24, 2.45) is 0 Å². The number of anilines is 1. The van der Waals surface area contributed by atoms with Crippen molar-refractivity contribution in [3.63, 3.8) is 0 Å². The van der Waals surface area contributed by atoms with E-state index in [0.29, 0.717) is 11.7 Å². The van der Waals surface area contributed by atoms with E-state index in [1.807, 2.05) is 55.5 Å². The second kappa shape index (κ2) is 9.40. The predicted molar refractivity (Wildman–Crippen MR) is 107 cm³/mol. The maximum Gasteiger partial charge on any atom is 0.170 e. The van der Waals surface area contributed by atoms with Crippen LogP contribution in [0.25, 0.3) is 0 Å². The number of hydrogen-bond acceptors (Lipinski definition) is 4. The first-order chi connectivity index (χ1) is 12.7. The normalized spacial score (nSPS) is 16.1. The van der Waals surface area contributed by atoms with Gasteiger partial charge in [0.15, 0.2) is 5.11 Å². The van der Waals surface area contributed by atoms with Gasteiger partial charge in [0.1, 0.15) is 17.2 Å². The van der Waals surface area contributed by atoms with Crippen LogP contribution >= 0.6 is 12.2 Å². The summed E-state index contributed by atoms with van der Waals surface area (Å²) in [4.78, 5) is 0. The van der Waals surface area contributed by atoms with Gasteiger partial charge in [0.2, 0.25) is 0 Å². The van der Waals surface area contributed by atoms with E-state index in [1.54, 1.807) is 0 Å². The first-order valence-electron chi connectivity index (χ1n) is 8.90. The van der Waals surface area contributed by atoms with E-state index in [9.17, 15) is 0 Å². The van der Waals surface area contributed by atoms with E-state index in [-0.39, 0.29) is 6.10 Å². The Hall–Kier alpha value is -2.31. The third-order valence-corrected chi connectivity index (χ3v) is 4.24. The van der Waals surface area contributed by atoms with Crippen molar-refractivity contribution in [1.82, 2.24) is 5.32 Å². The van der Waals surface area contributed by atoms with Gasteiger partial charge in [-0.25, -0.2) is 0 Å². The van der Waals surface area contributed by atoms with Gasteiger partial charge >= 0.3 is 0 Å². The van der Waals surface area contributed by atoms with Crippen molar-refractivity contribution in [3.05, 3.63) is 48.5 Å². The highest BCUT2D eigenvalue weighted by molar-refractivity contribution is 7.80. The molecule has 5 nitrogen and oxygen atoms in total. The molecule has 1 saturated heterocycles. The van der Waals surface area contributed by atoms with Crippen LogP contribution in [0.1, 0.15) is 19.8 Å². The lowest BCUT2D eigenvalue weighted by Crippen LogP contribution is -2.34. The standard InChI is InChI=1S/C20H24N2O3S/c1-2-23-16-9-11-18(12-10-16)25-17-7-5-15(6-8-17)22-20(26)21-14-19-4-3-13-24-19/h5-12,19H,2-4,13-14H2,1H3,(H2,21,22,26)/t19-/m1/s1. The summed E-state index contributed by atoms with van der Waals surface area (Å²) in [7, 11) is 0. The number of thiocarbonyl (C=S) groups is 1. The maximum absolute atomic E-state index is 5.84. The molecule has 1 heterocycles. The Labute approximate surface area is 159 Å². The summed E-state index contributed by atoms with van der Waals surface area (Å²) in [5.74, 6) is 2.37. The van der Waals surface area contributed by atoms with E-state index >= 15 is 0 Å². The Morgan fingerprint density at radius 2 is 1.73 bits per heavy atom. The van der Waals surface area contributed by atoms with Gasteiger partial charge in [0.05, 0.1) is 12.7 Å². The molecule has 0 saturated carbocycles. The number of nitrogens with one attached hydrogen (secondary N) is 2. The monoisotopic (exact) mass is 372 g/mol. The Morgan fingerprint density at radius 3 is 2.35 bits per heavy atom. The third-order valence-electron chi connectivity index (χ3n) is 4.00. The molecule has 0 aliphatic carbocycles. The summed E-state index contributed by atoms with van der Waals surface area (Å²) in [5.41, 5.74) is 0.911. The first kappa shape index (κ1) is 18.5. The van der Waals surface area contributed by atoms with Crippen LogP contribution in [0.3, 0.4) is 0 Å². The van der Waals surface area contributed by atoms with E-state index < -0.39 is 0 Å². The second-order valence-corrected chi connectivity index (χ2v) is 6.41.